The van der Waals surface area contributed by atoms with Crippen molar-refractivity contribution in [1.82, 2.24) is 4.90 Å². The van der Waals surface area contributed by atoms with Gasteiger partial charge >= 0.3 is 12.2 Å². The van der Waals surface area contributed by atoms with Crippen LogP contribution in [0.4, 0.5) is 32.4 Å². The Hall–Kier alpha value is -1.90. The largest absolute Gasteiger partial charge is 0.417 e. The zero-order valence-corrected chi connectivity index (χ0v) is 11.3. The smallest absolute Gasteiger partial charge is 0.380 e. The molecular formula is C13H13F5N2O2. The minimum atomic E-state index is -4.77. The summed E-state index contributed by atoms with van der Waals surface area (Å²) in [4.78, 5) is 12.9. The predicted octanol–water partition coefficient (Wildman–Crippen LogP) is 2.89. The zero-order valence-electron chi connectivity index (χ0n) is 11.3. The summed E-state index contributed by atoms with van der Waals surface area (Å²) in [7, 11) is 0. The third-order valence-electron chi connectivity index (χ3n) is 3.58. The Morgan fingerprint density at radius 1 is 1.23 bits per heavy atom. The van der Waals surface area contributed by atoms with Crippen molar-refractivity contribution in [2.45, 2.75) is 24.6 Å². The zero-order chi connectivity index (χ0) is 16.5. The summed E-state index contributed by atoms with van der Waals surface area (Å²) in [5.41, 5.74) is -3.09. The highest BCUT2D eigenvalue weighted by Gasteiger charge is 2.54. The van der Waals surface area contributed by atoms with E-state index in [-0.39, 0.29) is 18.8 Å². The Bertz CT molecular complexity index is 568. The van der Waals surface area contributed by atoms with E-state index in [0.29, 0.717) is 6.07 Å². The number of rotatable bonds is 1. The van der Waals surface area contributed by atoms with Crippen molar-refractivity contribution in [2.75, 3.05) is 18.4 Å². The van der Waals surface area contributed by atoms with E-state index >= 15 is 0 Å². The van der Waals surface area contributed by atoms with Gasteiger partial charge in [-0.25, -0.2) is 13.6 Å². The number of carbonyl (C=O) groups excluding carboxylic acids is 1. The monoisotopic (exact) mass is 324 g/mol. The fraction of sp³-hybridized carbons (Fsp3) is 0.462. The second kappa shape index (κ2) is 5.71. The minimum absolute atomic E-state index is 0.275. The van der Waals surface area contributed by atoms with E-state index in [4.69, 9.17) is 0 Å². The van der Waals surface area contributed by atoms with Crippen molar-refractivity contribution in [2.24, 2.45) is 0 Å². The molecule has 1 saturated heterocycles. The number of alkyl halides is 3. The number of amides is 2. The summed E-state index contributed by atoms with van der Waals surface area (Å²) in [5.74, 6) is -1.80. The fourth-order valence-corrected chi connectivity index (χ4v) is 2.15. The number of carbonyl (C=O) groups is 1. The van der Waals surface area contributed by atoms with E-state index in [1.807, 2.05) is 0 Å². The molecule has 1 aromatic rings. The van der Waals surface area contributed by atoms with E-state index in [1.54, 1.807) is 0 Å². The first-order chi connectivity index (χ1) is 10.1. The second-order valence-corrected chi connectivity index (χ2v) is 5.07. The minimum Gasteiger partial charge on any atom is -0.380 e. The van der Waals surface area contributed by atoms with Crippen LogP contribution in [0.5, 0.6) is 0 Å². The molecule has 0 bridgehead atoms. The molecule has 0 aliphatic carbocycles. The Balaban J connectivity index is 1.98. The average Bonchev–Trinajstić information content (AvgIpc) is 2.41. The lowest BCUT2D eigenvalue weighted by atomic mass is 9.91. The summed E-state index contributed by atoms with van der Waals surface area (Å²) in [6.45, 7) is -0.657. The highest BCUT2D eigenvalue weighted by Crippen LogP contribution is 2.38. The molecule has 0 spiro atoms. The molecule has 2 rings (SSSR count). The number of nitrogens with zero attached hydrogens (tertiary/aromatic N) is 1. The van der Waals surface area contributed by atoms with E-state index in [9.17, 15) is 31.9 Å². The van der Waals surface area contributed by atoms with Crippen molar-refractivity contribution in [3.63, 3.8) is 0 Å². The second-order valence-electron chi connectivity index (χ2n) is 5.07. The summed E-state index contributed by atoms with van der Waals surface area (Å²) in [6, 6.07) is 1.72. The standard InChI is InChI=1S/C13H13F5N2O2/c14-8-1-2-10(9(15)7-8)19-11(21)20-5-3-12(22,4-6-20)13(16,17)18/h1-2,7,22H,3-6H2,(H,19,21). The molecule has 0 unspecified atom stereocenters. The molecule has 0 atom stereocenters. The Labute approximate surface area is 122 Å². The lowest BCUT2D eigenvalue weighted by Crippen LogP contribution is -2.55. The third-order valence-corrected chi connectivity index (χ3v) is 3.58. The van der Waals surface area contributed by atoms with Gasteiger partial charge in [0.15, 0.2) is 5.60 Å². The van der Waals surface area contributed by atoms with Crippen molar-refractivity contribution in [3.05, 3.63) is 29.8 Å². The number of hydrogen-bond donors (Lipinski definition) is 2. The van der Waals surface area contributed by atoms with Crippen molar-refractivity contribution in [3.8, 4) is 0 Å². The molecule has 1 aromatic carbocycles. The van der Waals surface area contributed by atoms with Gasteiger partial charge in [0, 0.05) is 32.0 Å². The van der Waals surface area contributed by atoms with Gasteiger partial charge in [0.1, 0.15) is 11.6 Å². The number of benzene rings is 1. The lowest BCUT2D eigenvalue weighted by molar-refractivity contribution is -0.271. The molecule has 9 heteroatoms. The molecule has 22 heavy (non-hydrogen) atoms. The van der Waals surface area contributed by atoms with Crippen molar-refractivity contribution >= 4 is 11.7 Å². The number of aliphatic hydroxyl groups is 1. The van der Waals surface area contributed by atoms with E-state index in [1.165, 1.54) is 0 Å². The Kier molecular flexibility index (Phi) is 4.28. The topological polar surface area (TPSA) is 52.6 Å². The van der Waals surface area contributed by atoms with Crippen molar-refractivity contribution < 1.29 is 31.9 Å². The van der Waals surface area contributed by atoms with Crippen LogP contribution in [0.3, 0.4) is 0 Å². The first-order valence-electron chi connectivity index (χ1n) is 6.42. The van der Waals surface area contributed by atoms with Gasteiger partial charge in [-0.2, -0.15) is 13.2 Å². The van der Waals surface area contributed by atoms with Gasteiger partial charge < -0.3 is 15.3 Å². The van der Waals surface area contributed by atoms with Gasteiger partial charge in [0.25, 0.3) is 0 Å². The lowest BCUT2D eigenvalue weighted by Gasteiger charge is -2.38. The highest BCUT2D eigenvalue weighted by molar-refractivity contribution is 5.89. The number of halogens is 5. The molecule has 1 aliphatic rings. The summed E-state index contributed by atoms with van der Waals surface area (Å²) in [5, 5.41) is 11.6. The molecule has 2 amide bonds. The molecular weight excluding hydrogens is 311 g/mol. The van der Waals surface area contributed by atoms with Crippen LogP contribution < -0.4 is 5.32 Å². The maximum absolute atomic E-state index is 13.4. The maximum atomic E-state index is 13.4. The normalized spacial score (nSPS) is 18.2. The van der Waals surface area contributed by atoms with Crippen LogP contribution >= 0.6 is 0 Å². The summed E-state index contributed by atoms with van der Waals surface area (Å²) >= 11 is 0. The van der Waals surface area contributed by atoms with Gasteiger partial charge in [0.2, 0.25) is 0 Å². The summed E-state index contributed by atoms with van der Waals surface area (Å²) in [6.07, 6.45) is -6.08. The molecule has 1 fully saturated rings. The van der Waals surface area contributed by atoms with Crippen LogP contribution in [-0.4, -0.2) is 40.9 Å². The molecule has 1 heterocycles. The number of anilines is 1. The van der Waals surface area contributed by atoms with Crippen LogP contribution in [0.2, 0.25) is 0 Å². The van der Waals surface area contributed by atoms with Gasteiger partial charge in [-0.1, -0.05) is 0 Å². The molecule has 2 N–H and O–H groups in total. The third kappa shape index (κ3) is 3.29. The van der Waals surface area contributed by atoms with Gasteiger partial charge in [-0.15, -0.1) is 0 Å². The van der Waals surface area contributed by atoms with Crippen LogP contribution in [0.25, 0.3) is 0 Å². The number of nitrogens with one attached hydrogen (secondary N) is 1. The average molecular weight is 324 g/mol. The van der Waals surface area contributed by atoms with Gasteiger partial charge in [-0.3, -0.25) is 0 Å². The summed E-state index contributed by atoms with van der Waals surface area (Å²) < 4.78 is 64.0. The fourth-order valence-electron chi connectivity index (χ4n) is 2.15. The molecule has 0 aromatic heterocycles. The number of urea groups is 1. The molecule has 0 saturated carbocycles. The molecule has 1 aliphatic heterocycles. The highest BCUT2D eigenvalue weighted by atomic mass is 19.4. The predicted molar refractivity (Wildman–Crippen MR) is 67.2 cm³/mol. The maximum Gasteiger partial charge on any atom is 0.417 e. The van der Waals surface area contributed by atoms with Crippen LogP contribution in [-0.2, 0) is 0 Å². The molecule has 0 radical (unpaired) electrons. The van der Waals surface area contributed by atoms with Gasteiger partial charge in [0.05, 0.1) is 5.69 Å². The van der Waals surface area contributed by atoms with Gasteiger partial charge in [-0.05, 0) is 12.1 Å². The molecule has 4 nitrogen and oxygen atoms in total. The number of likely N-dealkylation sites (tertiary alicyclic amines) is 1. The Morgan fingerprint density at radius 3 is 2.32 bits per heavy atom. The Morgan fingerprint density at radius 2 is 1.82 bits per heavy atom. The van der Waals surface area contributed by atoms with E-state index < -0.39 is 42.3 Å². The SMILES string of the molecule is O=C(Nc1ccc(F)cc1F)N1CCC(O)(C(F)(F)F)CC1. The van der Waals surface area contributed by atoms with E-state index in [0.717, 1.165) is 17.0 Å². The quantitative estimate of drug-likeness (QED) is 0.781. The van der Waals surface area contributed by atoms with Crippen LogP contribution in [0, 0.1) is 11.6 Å². The van der Waals surface area contributed by atoms with Crippen LogP contribution in [0.15, 0.2) is 18.2 Å². The number of piperidine rings is 1. The van der Waals surface area contributed by atoms with E-state index in [2.05, 4.69) is 5.32 Å². The first kappa shape index (κ1) is 16.5. The molecule has 122 valence electrons. The van der Waals surface area contributed by atoms with Crippen molar-refractivity contribution in [1.29, 1.82) is 0 Å². The van der Waals surface area contributed by atoms with Crippen LogP contribution in [0.1, 0.15) is 12.8 Å². The number of hydrogen-bond acceptors (Lipinski definition) is 2. The first-order valence-corrected chi connectivity index (χ1v) is 6.42.